The third-order valence-electron chi connectivity index (χ3n) is 2.83. The minimum atomic E-state index is 0.469. The van der Waals surface area contributed by atoms with Gasteiger partial charge in [0, 0.05) is 17.3 Å². The van der Waals surface area contributed by atoms with Gasteiger partial charge in [-0.15, -0.1) is 5.10 Å². The van der Waals surface area contributed by atoms with Crippen LogP contribution in [0.15, 0.2) is 24.4 Å². The normalized spacial score (nSPS) is 10.3. The Morgan fingerprint density at radius 1 is 1.30 bits per heavy atom. The molecule has 0 aliphatic rings. The molecular formula is C14H18ClN5. The monoisotopic (exact) mass is 291 g/mol. The molecule has 0 radical (unpaired) electrons. The van der Waals surface area contributed by atoms with E-state index in [0.29, 0.717) is 11.0 Å². The van der Waals surface area contributed by atoms with Crippen molar-refractivity contribution < 1.29 is 0 Å². The smallest absolute Gasteiger partial charge is 0.249 e. The van der Waals surface area contributed by atoms with Crippen molar-refractivity contribution in [2.24, 2.45) is 0 Å². The van der Waals surface area contributed by atoms with Crippen LogP contribution in [0.3, 0.4) is 0 Å². The second-order valence-corrected chi connectivity index (χ2v) is 4.97. The first-order valence-corrected chi connectivity index (χ1v) is 7.03. The van der Waals surface area contributed by atoms with Gasteiger partial charge in [0.05, 0.1) is 6.20 Å². The Bertz CT molecular complexity index is 573. The molecule has 2 N–H and O–H groups in total. The van der Waals surface area contributed by atoms with Crippen LogP contribution >= 0.6 is 11.6 Å². The number of nitrogens with one attached hydrogen (secondary N) is 2. The van der Waals surface area contributed by atoms with Crippen LogP contribution in [0.2, 0.25) is 5.02 Å². The highest BCUT2D eigenvalue weighted by Gasteiger charge is 2.04. The molecule has 1 aromatic heterocycles. The fourth-order valence-electron chi connectivity index (χ4n) is 1.72. The highest BCUT2D eigenvalue weighted by molar-refractivity contribution is 6.30. The number of aromatic nitrogens is 3. The first-order valence-electron chi connectivity index (χ1n) is 6.66. The first kappa shape index (κ1) is 14.5. The molecule has 0 aliphatic carbocycles. The molecule has 1 heterocycles. The van der Waals surface area contributed by atoms with E-state index in [9.17, 15) is 0 Å². The fourth-order valence-corrected chi connectivity index (χ4v) is 1.95. The second-order valence-electron chi connectivity index (χ2n) is 4.53. The standard InChI is InChI=1S/C14H18ClN5/c1-3-4-7-16-13-9-17-20-14(19-13)18-12-6-5-11(15)8-10(12)2/h5-6,8-9H,3-4,7H2,1-2H3,(H2,16,18,19,20). The molecule has 5 nitrogen and oxygen atoms in total. The molecule has 0 fully saturated rings. The van der Waals surface area contributed by atoms with Crippen molar-refractivity contribution in [1.82, 2.24) is 15.2 Å². The number of nitrogens with zero attached hydrogens (tertiary/aromatic N) is 3. The third kappa shape index (κ3) is 4.06. The van der Waals surface area contributed by atoms with Gasteiger partial charge in [-0.3, -0.25) is 0 Å². The van der Waals surface area contributed by atoms with Crippen LogP contribution in [0.25, 0.3) is 0 Å². The molecule has 0 bridgehead atoms. The maximum Gasteiger partial charge on any atom is 0.249 e. The Hall–Kier alpha value is -1.88. The van der Waals surface area contributed by atoms with Crippen LogP contribution in [0.4, 0.5) is 17.5 Å². The van der Waals surface area contributed by atoms with E-state index in [1.54, 1.807) is 6.20 Å². The molecular weight excluding hydrogens is 274 g/mol. The van der Waals surface area contributed by atoms with Gasteiger partial charge in [-0.05, 0) is 37.1 Å². The molecule has 2 aromatic rings. The minimum absolute atomic E-state index is 0.469. The largest absolute Gasteiger partial charge is 0.369 e. The molecule has 106 valence electrons. The zero-order valence-corrected chi connectivity index (χ0v) is 12.4. The summed E-state index contributed by atoms with van der Waals surface area (Å²) in [6.07, 6.45) is 3.86. The summed E-state index contributed by atoms with van der Waals surface area (Å²) in [6.45, 7) is 5.01. The van der Waals surface area contributed by atoms with E-state index in [1.165, 1.54) is 0 Å². The topological polar surface area (TPSA) is 62.7 Å². The summed E-state index contributed by atoms with van der Waals surface area (Å²) in [5.41, 5.74) is 1.95. The predicted molar refractivity (Wildman–Crippen MR) is 82.7 cm³/mol. The van der Waals surface area contributed by atoms with Crippen molar-refractivity contribution in [2.45, 2.75) is 26.7 Å². The van der Waals surface area contributed by atoms with Crippen molar-refractivity contribution in [3.8, 4) is 0 Å². The quantitative estimate of drug-likeness (QED) is 0.793. The van der Waals surface area contributed by atoms with Crippen LogP contribution in [0, 0.1) is 6.92 Å². The number of halogens is 1. The van der Waals surface area contributed by atoms with Crippen LogP contribution in [-0.4, -0.2) is 21.7 Å². The lowest BCUT2D eigenvalue weighted by Gasteiger charge is -2.09. The molecule has 0 unspecified atom stereocenters. The van der Waals surface area contributed by atoms with E-state index in [1.807, 2.05) is 25.1 Å². The van der Waals surface area contributed by atoms with Gasteiger partial charge >= 0.3 is 0 Å². The summed E-state index contributed by atoms with van der Waals surface area (Å²) >= 11 is 5.93. The van der Waals surface area contributed by atoms with Gasteiger partial charge in [-0.25, -0.2) is 0 Å². The lowest BCUT2D eigenvalue weighted by molar-refractivity contribution is 0.827. The van der Waals surface area contributed by atoms with Gasteiger partial charge in [0.1, 0.15) is 0 Å². The van der Waals surface area contributed by atoms with Crippen molar-refractivity contribution in [3.63, 3.8) is 0 Å². The zero-order valence-electron chi connectivity index (χ0n) is 11.7. The van der Waals surface area contributed by atoms with Gasteiger partial charge in [0.2, 0.25) is 5.95 Å². The average Bonchev–Trinajstić information content (AvgIpc) is 2.43. The second kappa shape index (κ2) is 7.05. The Labute approximate surface area is 123 Å². The molecule has 2 rings (SSSR count). The number of hydrogen-bond donors (Lipinski definition) is 2. The maximum atomic E-state index is 5.93. The number of aryl methyl sites for hydroxylation is 1. The first-order chi connectivity index (χ1) is 9.69. The van der Waals surface area contributed by atoms with Crippen LogP contribution in [0.5, 0.6) is 0 Å². The summed E-state index contributed by atoms with van der Waals surface area (Å²) in [5, 5.41) is 15.0. The summed E-state index contributed by atoms with van der Waals surface area (Å²) < 4.78 is 0. The molecule has 0 saturated carbocycles. The van der Waals surface area contributed by atoms with Gasteiger partial charge in [-0.1, -0.05) is 24.9 Å². The van der Waals surface area contributed by atoms with E-state index in [-0.39, 0.29) is 0 Å². The Balaban J connectivity index is 2.07. The summed E-state index contributed by atoms with van der Waals surface area (Å²) in [5.74, 6) is 1.19. The van der Waals surface area contributed by atoms with E-state index in [4.69, 9.17) is 11.6 Å². The number of hydrogen-bond acceptors (Lipinski definition) is 5. The SMILES string of the molecule is CCCCNc1cnnc(Nc2ccc(Cl)cc2C)n1. The van der Waals surface area contributed by atoms with Crippen LogP contribution in [0.1, 0.15) is 25.3 Å². The number of unbranched alkanes of at least 4 members (excludes halogenated alkanes) is 1. The maximum absolute atomic E-state index is 5.93. The van der Waals surface area contributed by atoms with Gasteiger partial charge in [-0.2, -0.15) is 10.1 Å². The molecule has 0 saturated heterocycles. The summed E-state index contributed by atoms with van der Waals surface area (Å²) in [4.78, 5) is 4.37. The predicted octanol–water partition coefficient (Wildman–Crippen LogP) is 3.79. The molecule has 0 atom stereocenters. The van der Waals surface area contributed by atoms with E-state index in [2.05, 4.69) is 32.7 Å². The molecule has 20 heavy (non-hydrogen) atoms. The van der Waals surface area contributed by atoms with E-state index < -0.39 is 0 Å². The summed E-state index contributed by atoms with van der Waals surface area (Å²) in [6, 6.07) is 5.62. The van der Waals surface area contributed by atoms with Crippen molar-refractivity contribution in [3.05, 3.63) is 35.0 Å². The Kier molecular flexibility index (Phi) is 5.12. The van der Waals surface area contributed by atoms with Crippen LogP contribution < -0.4 is 10.6 Å². The number of rotatable bonds is 6. The molecule has 1 aromatic carbocycles. The molecule has 6 heteroatoms. The van der Waals surface area contributed by atoms with Crippen molar-refractivity contribution >= 4 is 29.1 Å². The average molecular weight is 292 g/mol. The third-order valence-corrected chi connectivity index (χ3v) is 3.07. The van der Waals surface area contributed by atoms with E-state index in [0.717, 1.165) is 36.5 Å². The minimum Gasteiger partial charge on any atom is -0.369 e. The fraction of sp³-hybridized carbons (Fsp3) is 0.357. The highest BCUT2D eigenvalue weighted by atomic mass is 35.5. The van der Waals surface area contributed by atoms with Crippen molar-refractivity contribution in [1.29, 1.82) is 0 Å². The van der Waals surface area contributed by atoms with Gasteiger partial charge in [0.25, 0.3) is 0 Å². The van der Waals surface area contributed by atoms with Crippen molar-refractivity contribution in [2.75, 3.05) is 17.2 Å². The highest BCUT2D eigenvalue weighted by Crippen LogP contribution is 2.22. The van der Waals surface area contributed by atoms with E-state index >= 15 is 0 Å². The lowest BCUT2D eigenvalue weighted by Crippen LogP contribution is -2.07. The van der Waals surface area contributed by atoms with Crippen LogP contribution in [-0.2, 0) is 0 Å². The Morgan fingerprint density at radius 2 is 2.15 bits per heavy atom. The number of benzene rings is 1. The van der Waals surface area contributed by atoms with Gasteiger partial charge < -0.3 is 10.6 Å². The number of anilines is 3. The molecule has 0 aliphatic heterocycles. The molecule has 0 amide bonds. The van der Waals surface area contributed by atoms with Gasteiger partial charge in [0.15, 0.2) is 5.82 Å². The lowest BCUT2D eigenvalue weighted by atomic mass is 10.2. The summed E-state index contributed by atoms with van der Waals surface area (Å²) in [7, 11) is 0. The molecule has 0 spiro atoms. The Morgan fingerprint density at radius 3 is 2.90 bits per heavy atom. The zero-order chi connectivity index (χ0) is 14.4.